The van der Waals surface area contributed by atoms with Crippen LogP contribution in [0.15, 0.2) is 36.4 Å². The van der Waals surface area contributed by atoms with Gasteiger partial charge in [-0.2, -0.15) is 0 Å². The van der Waals surface area contributed by atoms with Gasteiger partial charge in [-0.25, -0.2) is 0 Å². The molecule has 0 unspecified atom stereocenters. The minimum absolute atomic E-state index is 0.0405. The van der Waals surface area contributed by atoms with Crippen molar-refractivity contribution in [2.45, 2.75) is 45.4 Å². The molecule has 0 aromatic heterocycles. The number of hydrogen-bond acceptors (Lipinski definition) is 5. The van der Waals surface area contributed by atoms with E-state index in [-0.39, 0.29) is 28.5 Å². The quantitative estimate of drug-likeness (QED) is 0.573. The Morgan fingerprint density at radius 3 is 2.31 bits per heavy atom. The van der Waals surface area contributed by atoms with E-state index in [0.717, 1.165) is 10.5 Å². The predicted octanol–water partition coefficient (Wildman–Crippen LogP) is 4.58. The summed E-state index contributed by atoms with van der Waals surface area (Å²) >= 11 is 0. The molecule has 0 fully saturated rings. The largest absolute Gasteiger partial charge is 0.541 e. The summed E-state index contributed by atoms with van der Waals surface area (Å²) in [6, 6.07) is 9.94. The Morgan fingerprint density at radius 1 is 1.03 bits per heavy atom. The van der Waals surface area contributed by atoms with Crippen LogP contribution in [0.3, 0.4) is 0 Å². The standard InChI is InChI=1S/C22H27NO5Si/c1-22(2,3)29(5,6)28-17-11-10-14(12-18(17)27-4)13-23-20(25)15-8-7-9-16(24)19(15)21(23)26/h7-12,24H,13H2,1-6H3. The normalized spacial score (nSPS) is 14.2. The smallest absolute Gasteiger partial charge is 0.265 e. The lowest BCUT2D eigenvalue weighted by molar-refractivity contribution is 0.0641. The van der Waals surface area contributed by atoms with Gasteiger partial charge in [0.1, 0.15) is 11.5 Å². The Labute approximate surface area is 172 Å². The lowest BCUT2D eigenvalue weighted by Crippen LogP contribution is -2.43. The highest BCUT2D eigenvalue weighted by Gasteiger charge is 2.40. The Kier molecular flexibility index (Phi) is 5.21. The van der Waals surface area contributed by atoms with Crippen LogP contribution in [0, 0.1) is 0 Å². The van der Waals surface area contributed by atoms with Crippen LogP contribution in [0.5, 0.6) is 17.2 Å². The summed E-state index contributed by atoms with van der Waals surface area (Å²) in [7, 11) is -0.477. The molecule has 0 bridgehead atoms. The van der Waals surface area contributed by atoms with Crippen molar-refractivity contribution in [1.82, 2.24) is 4.90 Å². The number of carbonyl (C=O) groups is 2. The number of rotatable bonds is 5. The summed E-state index contributed by atoms with van der Waals surface area (Å²) in [6.07, 6.45) is 0. The molecule has 1 aliphatic rings. The van der Waals surface area contributed by atoms with E-state index in [1.165, 1.54) is 6.07 Å². The summed E-state index contributed by atoms with van der Waals surface area (Å²) in [5.41, 5.74) is 1.01. The fourth-order valence-electron chi connectivity index (χ4n) is 2.96. The first-order valence-electron chi connectivity index (χ1n) is 9.50. The van der Waals surface area contributed by atoms with Gasteiger partial charge in [-0.05, 0) is 48.0 Å². The van der Waals surface area contributed by atoms with Crippen LogP contribution in [-0.2, 0) is 6.54 Å². The van der Waals surface area contributed by atoms with Crippen LogP contribution < -0.4 is 9.16 Å². The van der Waals surface area contributed by atoms with Crippen molar-refractivity contribution in [1.29, 1.82) is 0 Å². The summed E-state index contributed by atoms with van der Waals surface area (Å²) in [5, 5.41) is 10.0. The number of fused-ring (bicyclic) bond motifs is 1. The van der Waals surface area contributed by atoms with Gasteiger partial charge in [0.05, 0.1) is 24.8 Å². The fraction of sp³-hybridized carbons (Fsp3) is 0.364. The molecular weight excluding hydrogens is 386 g/mol. The zero-order valence-corrected chi connectivity index (χ0v) is 18.7. The van der Waals surface area contributed by atoms with E-state index in [0.29, 0.717) is 11.5 Å². The lowest BCUT2D eigenvalue weighted by atomic mass is 10.1. The fourth-order valence-corrected chi connectivity index (χ4v) is 3.99. The van der Waals surface area contributed by atoms with Gasteiger partial charge >= 0.3 is 0 Å². The summed E-state index contributed by atoms with van der Waals surface area (Å²) < 4.78 is 11.9. The van der Waals surface area contributed by atoms with Gasteiger partial charge in [0.15, 0.2) is 5.75 Å². The average molecular weight is 414 g/mol. The van der Waals surface area contributed by atoms with E-state index in [4.69, 9.17) is 9.16 Å². The van der Waals surface area contributed by atoms with Gasteiger partial charge in [0.25, 0.3) is 20.1 Å². The molecule has 29 heavy (non-hydrogen) atoms. The van der Waals surface area contributed by atoms with Gasteiger partial charge in [0, 0.05) is 0 Å². The van der Waals surface area contributed by atoms with Crippen molar-refractivity contribution in [2.75, 3.05) is 7.11 Å². The first-order valence-corrected chi connectivity index (χ1v) is 12.4. The second-order valence-corrected chi connectivity index (χ2v) is 13.5. The van der Waals surface area contributed by atoms with Gasteiger partial charge in [-0.1, -0.05) is 32.9 Å². The first kappa shape index (κ1) is 20.9. The van der Waals surface area contributed by atoms with Gasteiger partial charge in [-0.15, -0.1) is 0 Å². The molecule has 3 rings (SSSR count). The zero-order valence-electron chi connectivity index (χ0n) is 17.7. The summed E-state index contributed by atoms with van der Waals surface area (Å²) in [6.45, 7) is 10.9. The highest BCUT2D eigenvalue weighted by atomic mass is 28.4. The summed E-state index contributed by atoms with van der Waals surface area (Å²) in [4.78, 5) is 26.4. The Morgan fingerprint density at radius 2 is 1.72 bits per heavy atom. The molecule has 0 aliphatic carbocycles. The molecule has 2 amide bonds. The number of hydrogen-bond donors (Lipinski definition) is 1. The topological polar surface area (TPSA) is 76.1 Å². The van der Waals surface area contributed by atoms with E-state index in [1.54, 1.807) is 25.3 Å². The molecule has 0 saturated heterocycles. The Bertz CT molecular complexity index is 978. The van der Waals surface area contributed by atoms with Crippen LogP contribution in [0.4, 0.5) is 0 Å². The molecule has 0 spiro atoms. The third-order valence-corrected chi connectivity index (χ3v) is 10.1. The predicted molar refractivity (Wildman–Crippen MR) is 113 cm³/mol. The number of phenolic OH excluding ortho intramolecular Hbond substituents is 1. The Hall–Kier alpha value is -2.80. The van der Waals surface area contributed by atoms with Crippen LogP contribution in [0.25, 0.3) is 0 Å². The molecular formula is C22H27NO5Si. The van der Waals surface area contributed by atoms with Crippen LogP contribution >= 0.6 is 0 Å². The molecule has 1 N–H and O–H groups in total. The minimum Gasteiger partial charge on any atom is -0.541 e. The molecule has 2 aromatic carbocycles. The zero-order chi connectivity index (χ0) is 21.6. The molecule has 1 aliphatic heterocycles. The van der Waals surface area contributed by atoms with E-state index < -0.39 is 20.1 Å². The van der Waals surface area contributed by atoms with Crippen LogP contribution in [0.1, 0.15) is 47.1 Å². The number of aromatic hydroxyl groups is 1. The molecule has 1 heterocycles. The number of carbonyl (C=O) groups excluding carboxylic acids is 2. The maximum absolute atomic E-state index is 12.6. The number of nitrogens with zero attached hydrogens (tertiary/aromatic N) is 1. The number of phenols is 1. The van der Waals surface area contributed by atoms with Crippen molar-refractivity contribution in [3.63, 3.8) is 0 Å². The second kappa shape index (κ2) is 7.22. The first-order chi connectivity index (χ1) is 13.5. The van der Waals surface area contributed by atoms with Crippen LogP contribution in [-0.4, -0.2) is 37.2 Å². The minimum atomic E-state index is -2.04. The van der Waals surface area contributed by atoms with E-state index in [2.05, 4.69) is 33.9 Å². The number of amides is 2. The molecule has 0 radical (unpaired) electrons. The van der Waals surface area contributed by atoms with Crippen LogP contribution in [0.2, 0.25) is 18.1 Å². The maximum atomic E-state index is 12.6. The van der Waals surface area contributed by atoms with Crippen molar-refractivity contribution >= 4 is 20.1 Å². The molecule has 7 heteroatoms. The van der Waals surface area contributed by atoms with Crippen molar-refractivity contribution in [3.05, 3.63) is 53.1 Å². The highest BCUT2D eigenvalue weighted by molar-refractivity contribution is 6.74. The second-order valence-electron chi connectivity index (χ2n) is 8.74. The van der Waals surface area contributed by atoms with E-state index in [1.807, 2.05) is 12.1 Å². The van der Waals surface area contributed by atoms with Gasteiger partial charge < -0.3 is 14.3 Å². The summed E-state index contributed by atoms with van der Waals surface area (Å²) in [5.74, 6) is 0.124. The number of imide groups is 1. The molecule has 2 aromatic rings. The van der Waals surface area contributed by atoms with E-state index >= 15 is 0 Å². The molecule has 0 atom stereocenters. The third kappa shape index (κ3) is 3.74. The van der Waals surface area contributed by atoms with E-state index in [9.17, 15) is 14.7 Å². The third-order valence-electron chi connectivity index (χ3n) is 5.72. The number of benzene rings is 2. The number of ether oxygens (including phenoxy) is 1. The van der Waals surface area contributed by atoms with Crippen molar-refractivity contribution in [3.8, 4) is 17.2 Å². The number of methoxy groups -OCH3 is 1. The average Bonchev–Trinajstić information content (AvgIpc) is 2.87. The SMILES string of the molecule is COc1cc(CN2C(=O)c3cccc(O)c3C2=O)ccc1O[Si](C)(C)C(C)(C)C. The lowest BCUT2D eigenvalue weighted by Gasteiger charge is -2.36. The maximum Gasteiger partial charge on any atom is 0.265 e. The highest BCUT2D eigenvalue weighted by Crippen LogP contribution is 2.40. The molecule has 0 saturated carbocycles. The van der Waals surface area contributed by atoms with Gasteiger partial charge in [0.2, 0.25) is 0 Å². The molecule has 154 valence electrons. The monoisotopic (exact) mass is 413 g/mol. The van der Waals surface area contributed by atoms with Crippen molar-refractivity contribution < 1.29 is 23.9 Å². The van der Waals surface area contributed by atoms with Gasteiger partial charge in [-0.3, -0.25) is 14.5 Å². The van der Waals surface area contributed by atoms with Crippen molar-refractivity contribution in [2.24, 2.45) is 0 Å². The molecule has 6 nitrogen and oxygen atoms in total. The Balaban J connectivity index is 1.86.